The van der Waals surface area contributed by atoms with E-state index in [0.29, 0.717) is 17.9 Å². The first-order valence-corrected chi connectivity index (χ1v) is 9.01. The Bertz CT molecular complexity index is 792. The Balaban J connectivity index is 1.69. The van der Waals surface area contributed by atoms with Crippen LogP contribution in [0.4, 0.5) is 5.69 Å². The predicted octanol–water partition coefficient (Wildman–Crippen LogP) is 2.03. The lowest BCUT2D eigenvalue weighted by Crippen LogP contribution is -2.62. The number of nitrogens with zero attached hydrogens (tertiary/aromatic N) is 1. The van der Waals surface area contributed by atoms with E-state index in [4.69, 9.17) is 4.74 Å². The van der Waals surface area contributed by atoms with Gasteiger partial charge in [-0.15, -0.1) is 6.58 Å². The number of hydrogen-bond acceptors (Lipinski definition) is 3. The lowest BCUT2D eigenvalue weighted by molar-refractivity contribution is -0.153. The molecule has 0 aromatic heterocycles. The summed E-state index contributed by atoms with van der Waals surface area (Å²) < 4.78 is 6.34. The number of fused-ring (bicyclic) bond motifs is 5. The Morgan fingerprint density at radius 2 is 2.25 bits per heavy atom. The van der Waals surface area contributed by atoms with Crippen molar-refractivity contribution >= 4 is 11.6 Å². The van der Waals surface area contributed by atoms with Gasteiger partial charge in [-0.3, -0.25) is 4.79 Å². The molecule has 2 aliphatic carbocycles. The van der Waals surface area contributed by atoms with Crippen molar-refractivity contribution < 1.29 is 9.53 Å². The van der Waals surface area contributed by atoms with E-state index in [1.165, 1.54) is 0 Å². The number of anilines is 1. The minimum absolute atomic E-state index is 0.00280. The van der Waals surface area contributed by atoms with Crippen molar-refractivity contribution in [1.29, 1.82) is 0 Å². The van der Waals surface area contributed by atoms with Gasteiger partial charge in [0.2, 0.25) is 5.91 Å². The molecule has 2 saturated heterocycles. The highest BCUT2D eigenvalue weighted by Crippen LogP contribution is 2.73. The van der Waals surface area contributed by atoms with E-state index in [-0.39, 0.29) is 23.3 Å². The molecule has 24 heavy (non-hydrogen) atoms. The molecule has 1 N–H and O–H groups in total. The molecule has 3 heterocycles. The molecule has 0 radical (unpaired) electrons. The van der Waals surface area contributed by atoms with Gasteiger partial charge in [-0.05, 0) is 31.0 Å². The number of para-hydroxylation sites is 1. The summed E-state index contributed by atoms with van der Waals surface area (Å²) in [5, 5.41) is 3.18. The predicted molar refractivity (Wildman–Crippen MR) is 90.6 cm³/mol. The highest BCUT2D eigenvalue weighted by Gasteiger charge is 2.79. The SMILES string of the molecule is C=C[C@@]12CN(C)[C@@H]3[C@@H]4CO[C@H](C[C@@H]41)[C@]1(C(=O)Nc4ccccc41)[C@H]32. The normalized spacial score (nSPS) is 50.4. The number of carbonyl (C=O) groups excluding carboxylic acids is 1. The second kappa shape index (κ2) is 3.94. The van der Waals surface area contributed by atoms with Crippen LogP contribution < -0.4 is 5.32 Å². The summed E-state index contributed by atoms with van der Waals surface area (Å²) in [5.74, 6) is 1.56. The van der Waals surface area contributed by atoms with E-state index < -0.39 is 5.41 Å². The van der Waals surface area contributed by atoms with Crippen molar-refractivity contribution in [3.05, 3.63) is 42.5 Å². The molecule has 1 spiro atoms. The fraction of sp³-hybridized carbons (Fsp3) is 0.550. The van der Waals surface area contributed by atoms with Gasteiger partial charge in [0.1, 0.15) is 5.41 Å². The fourth-order valence-corrected chi connectivity index (χ4v) is 7.38. The molecule has 4 heteroatoms. The Kier molecular flexibility index (Phi) is 2.24. The molecule has 124 valence electrons. The zero-order valence-corrected chi connectivity index (χ0v) is 13.9. The van der Waals surface area contributed by atoms with Gasteiger partial charge in [-0.25, -0.2) is 0 Å². The maximum Gasteiger partial charge on any atom is 0.238 e. The zero-order valence-electron chi connectivity index (χ0n) is 13.9. The average molecular weight is 322 g/mol. The number of ether oxygens (including phenoxy) is 1. The summed E-state index contributed by atoms with van der Waals surface area (Å²) in [6, 6.07) is 8.64. The molecule has 7 atom stereocenters. The first kappa shape index (κ1) is 13.6. The van der Waals surface area contributed by atoms with Crippen molar-refractivity contribution in [2.24, 2.45) is 23.2 Å². The summed E-state index contributed by atoms with van der Waals surface area (Å²) in [6.07, 6.45) is 3.17. The summed E-state index contributed by atoms with van der Waals surface area (Å²) >= 11 is 0. The standard InChI is InChI=1S/C20H22N2O2/c1-3-19-10-22(2)16-11-9-24-15(8-13(11)19)20(17(16)19)12-6-4-5-7-14(12)21-18(20)23/h3-7,11,13,15-17H,1,8-10H2,2H3,(H,21,23)/t11-,13+,15-,16-,17-,19-,20+/m1/s1. The number of nitrogens with one attached hydrogen (secondary N) is 1. The first-order chi connectivity index (χ1) is 11.6. The molecule has 4 fully saturated rings. The maximum absolute atomic E-state index is 13.4. The van der Waals surface area contributed by atoms with Crippen LogP contribution in [0.25, 0.3) is 0 Å². The van der Waals surface area contributed by atoms with Crippen LogP contribution in [0.5, 0.6) is 0 Å². The Labute approximate surface area is 141 Å². The van der Waals surface area contributed by atoms with Gasteiger partial charge in [0.25, 0.3) is 0 Å². The number of hydrogen-bond donors (Lipinski definition) is 1. The third kappa shape index (κ3) is 1.12. The Hall–Kier alpha value is -1.65. The summed E-state index contributed by atoms with van der Waals surface area (Å²) in [7, 11) is 2.21. The second-order valence-electron chi connectivity index (χ2n) is 8.40. The zero-order chi connectivity index (χ0) is 16.3. The second-order valence-corrected chi connectivity index (χ2v) is 8.40. The van der Waals surface area contributed by atoms with Crippen LogP contribution in [0, 0.1) is 23.2 Å². The molecule has 0 unspecified atom stereocenters. The number of rotatable bonds is 1. The lowest BCUT2D eigenvalue weighted by Gasteiger charge is -2.54. The minimum atomic E-state index is -0.554. The molecule has 1 aromatic rings. The minimum Gasteiger partial charge on any atom is -0.376 e. The van der Waals surface area contributed by atoms with Gasteiger partial charge < -0.3 is 15.0 Å². The molecule has 6 rings (SSSR count). The molecule has 1 aromatic carbocycles. The molecular formula is C20H22N2O2. The molecule has 5 bridgehead atoms. The summed E-state index contributed by atoms with van der Waals surface area (Å²) in [5.41, 5.74) is 1.61. The van der Waals surface area contributed by atoms with E-state index in [0.717, 1.165) is 30.8 Å². The third-order valence-electron chi connectivity index (χ3n) is 7.93. The van der Waals surface area contributed by atoms with Crippen molar-refractivity contribution in [3.8, 4) is 0 Å². The molecule has 1 amide bonds. The van der Waals surface area contributed by atoms with E-state index in [9.17, 15) is 4.79 Å². The summed E-state index contributed by atoms with van der Waals surface area (Å²) in [6.45, 7) is 6.06. The van der Waals surface area contributed by atoms with E-state index in [1.54, 1.807) is 0 Å². The first-order valence-electron chi connectivity index (χ1n) is 9.01. The number of carbonyl (C=O) groups is 1. The van der Waals surface area contributed by atoms with Crippen molar-refractivity contribution in [1.82, 2.24) is 4.90 Å². The largest absolute Gasteiger partial charge is 0.376 e. The maximum atomic E-state index is 13.4. The van der Waals surface area contributed by atoms with E-state index in [1.807, 2.05) is 12.1 Å². The number of amides is 1. The van der Waals surface area contributed by atoms with Crippen LogP contribution in [0.15, 0.2) is 36.9 Å². The van der Waals surface area contributed by atoms with Gasteiger partial charge in [0.15, 0.2) is 0 Å². The molecule has 4 nitrogen and oxygen atoms in total. The van der Waals surface area contributed by atoms with Gasteiger partial charge in [0, 0.05) is 35.5 Å². The molecule has 5 aliphatic rings. The van der Waals surface area contributed by atoms with Gasteiger partial charge in [-0.2, -0.15) is 0 Å². The Morgan fingerprint density at radius 1 is 1.42 bits per heavy atom. The smallest absolute Gasteiger partial charge is 0.238 e. The van der Waals surface area contributed by atoms with Crippen LogP contribution >= 0.6 is 0 Å². The topological polar surface area (TPSA) is 41.6 Å². The number of piperidine rings is 1. The van der Waals surface area contributed by atoms with Crippen molar-refractivity contribution in [3.63, 3.8) is 0 Å². The van der Waals surface area contributed by atoms with Crippen LogP contribution in [-0.4, -0.2) is 43.2 Å². The molecule has 3 aliphatic heterocycles. The average Bonchev–Trinajstić information content (AvgIpc) is 3.08. The molecular weight excluding hydrogens is 300 g/mol. The fourth-order valence-electron chi connectivity index (χ4n) is 7.38. The van der Waals surface area contributed by atoms with Gasteiger partial charge in [-0.1, -0.05) is 24.3 Å². The van der Waals surface area contributed by atoms with Crippen LogP contribution in [0.1, 0.15) is 12.0 Å². The molecule has 2 saturated carbocycles. The monoisotopic (exact) mass is 322 g/mol. The van der Waals surface area contributed by atoms with E-state index >= 15 is 0 Å². The lowest BCUT2D eigenvalue weighted by atomic mass is 9.51. The number of likely N-dealkylation sites (tertiary alicyclic amines) is 1. The Morgan fingerprint density at radius 3 is 3.08 bits per heavy atom. The third-order valence-corrected chi connectivity index (χ3v) is 7.93. The highest BCUT2D eigenvalue weighted by molar-refractivity contribution is 6.07. The number of benzene rings is 1. The van der Waals surface area contributed by atoms with Crippen LogP contribution in [0.2, 0.25) is 0 Å². The van der Waals surface area contributed by atoms with E-state index in [2.05, 4.69) is 42.1 Å². The van der Waals surface area contributed by atoms with Crippen molar-refractivity contribution in [2.75, 3.05) is 25.5 Å². The van der Waals surface area contributed by atoms with Crippen LogP contribution in [0.3, 0.4) is 0 Å². The van der Waals surface area contributed by atoms with Crippen LogP contribution in [-0.2, 0) is 14.9 Å². The van der Waals surface area contributed by atoms with Gasteiger partial charge >= 0.3 is 0 Å². The quantitative estimate of drug-likeness (QED) is 0.805. The van der Waals surface area contributed by atoms with Gasteiger partial charge in [0.05, 0.1) is 12.7 Å². The summed E-state index contributed by atoms with van der Waals surface area (Å²) in [4.78, 5) is 15.9. The van der Waals surface area contributed by atoms with Crippen molar-refractivity contribution in [2.45, 2.75) is 24.0 Å². The highest BCUT2D eigenvalue weighted by atomic mass is 16.5.